The number of nitrogens with one attached hydrogen (secondary N) is 1. The Morgan fingerprint density at radius 1 is 1.39 bits per heavy atom. The van der Waals surface area contributed by atoms with E-state index in [1.54, 1.807) is 12.5 Å². The molecule has 0 bridgehead atoms. The van der Waals surface area contributed by atoms with Gasteiger partial charge in [0.1, 0.15) is 0 Å². The minimum Gasteiger partial charge on any atom is -0.472 e. The van der Waals surface area contributed by atoms with Crippen LogP contribution in [-0.4, -0.2) is 21.1 Å². The number of hydrogen-bond donors (Lipinski definition) is 2. The number of aromatic nitrogens is 3. The Bertz CT molecular complexity index is 498. The number of hydrogen-bond acceptors (Lipinski definition) is 7. The lowest BCUT2D eigenvalue weighted by Crippen LogP contribution is -2.12. The van der Waals surface area contributed by atoms with Gasteiger partial charge in [-0.1, -0.05) is 0 Å². The average Bonchev–Trinajstić information content (AvgIpc) is 2.77. The van der Waals surface area contributed by atoms with Crippen LogP contribution in [0, 0.1) is 0 Å². The van der Waals surface area contributed by atoms with E-state index in [0.717, 1.165) is 5.56 Å². The van der Waals surface area contributed by atoms with Crippen LogP contribution in [0.1, 0.15) is 19.4 Å². The average molecular weight is 249 g/mol. The van der Waals surface area contributed by atoms with Crippen molar-refractivity contribution in [1.82, 2.24) is 15.0 Å². The molecule has 0 spiro atoms. The highest BCUT2D eigenvalue weighted by Gasteiger charge is 2.07. The van der Waals surface area contributed by atoms with Crippen molar-refractivity contribution in [1.29, 1.82) is 0 Å². The Morgan fingerprint density at radius 2 is 2.22 bits per heavy atom. The van der Waals surface area contributed by atoms with E-state index < -0.39 is 0 Å². The summed E-state index contributed by atoms with van der Waals surface area (Å²) in [4.78, 5) is 12.0. The number of nitrogen functional groups attached to an aromatic ring is 1. The lowest BCUT2D eigenvalue weighted by Gasteiger charge is -2.09. The molecule has 2 heterocycles. The zero-order valence-electron chi connectivity index (χ0n) is 10.3. The van der Waals surface area contributed by atoms with Crippen LogP contribution in [-0.2, 0) is 6.54 Å². The maximum atomic E-state index is 5.58. The molecule has 0 aliphatic heterocycles. The van der Waals surface area contributed by atoms with Crippen molar-refractivity contribution in [3.63, 3.8) is 0 Å². The molecule has 2 aromatic rings. The molecule has 0 saturated carbocycles. The third-order valence-electron chi connectivity index (χ3n) is 2.00. The van der Waals surface area contributed by atoms with Gasteiger partial charge in [-0.05, 0) is 19.9 Å². The lowest BCUT2D eigenvalue weighted by molar-refractivity contribution is 0.222. The smallest absolute Gasteiger partial charge is 0.323 e. The van der Waals surface area contributed by atoms with Crippen molar-refractivity contribution in [3.05, 3.63) is 24.2 Å². The van der Waals surface area contributed by atoms with E-state index >= 15 is 0 Å². The quantitative estimate of drug-likeness (QED) is 0.827. The molecule has 3 N–H and O–H groups in total. The lowest BCUT2D eigenvalue weighted by atomic mass is 10.3. The van der Waals surface area contributed by atoms with Crippen LogP contribution in [0.3, 0.4) is 0 Å². The number of nitrogens with two attached hydrogens (primary N) is 1. The van der Waals surface area contributed by atoms with Crippen LogP contribution in [0.5, 0.6) is 6.01 Å². The van der Waals surface area contributed by atoms with Crippen LogP contribution >= 0.6 is 0 Å². The largest absolute Gasteiger partial charge is 0.472 e. The molecule has 18 heavy (non-hydrogen) atoms. The second-order valence-electron chi connectivity index (χ2n) is 3.95. The molecule has 0 amide bonds. The molecule has 0 saturated heterocycles. The van der Waals surface area contributed by atoms with Crippen LogP contribution in [0.4, 0.5) is 11.9 Å². The summed E-state index contributed by atoms with van der Waals surface area (Å²) < 4.78 is 10.3. The first kappa shape index (κ1) is 12.2. The summed E-state index contributed by atoms with van der Waals surface area (Å²) in [6, 6.07) is 2.07. The third-order valence-corrected chi connectivity index (χ3v) is 2.00. The molecule has 0 aromatic carbocycles. The normalized spacial score (nSPS) is 10.6. The highest BCUT2D eigenvalue weighted by atomic mass is 16.5. The van der Waals surface area contributed by atoms with Gasteiger partial charge in [0, 0.05) is 12.1 Å². The molecule has 0 fully saturated rings. The van der Waals surface area contributed by atoms with Crippen LogP contribution < -0.4 is 15.8 Å². The molecule has 2 aromatic heterocycles. The fraction of sp³-hybridized carbons (Fsp3) is 0.364. The summed E-state index contributed by atoms with van der Waals surface area (Å²) in [5.41, 5.74) is 6.57. The number of furan rings is 1. The summed E-state index contributed by atoms with van der Waals surface area (Å²) in [5.74, 6) is 0.495. The summed E-state index contributed by atoms with van der Waals surface area (Å²) >= 11 is 0. The van der Waals surface area contributed by atoms with Gasteiger partial charge < -0.3 is 20.2 Å². The predicted molar refractivity (Wildman–Crippen MR) is 66.0 cm³/mol. The first-order chi connectivity index (χ1) is 8.63. The SMILES string of the molecule is CC(C)Oc1nc(N)nc(NCc2ccoc2)n1. The summed E-state index contributed by atoms with van der Waals surface area (Å²) in [5, 5.41) is 3.02. The number of anilines is 2. The van der Waals surface area contributed by atoms with Gasteiger partial charge in [0.2, 0.25) is 11.9 Å². The van der Waals surface area contributed by atoms with Crippen molar-refractivity contribution in [2.75, 3.05) is 11.1 Å². The van der Waals surface area contributed by atoms with E-state index in [9.17, 15) is 0 Å². The fourth-order valence-corrected chi connectivity index (χ4v) is 1.29. The number of ether oxygens (including phenoxy) is 1. The standard InChI is InChI=1S/C11H15N5O2/c1-7(2)18-11-15-9(12)14-10(16-11)13-5-8-3-4-17-6-8/h3-4,6-7H,5H2,1-2H3,(H3,12,13,14,15,16). The van der Waals surface area contributed by atoms with Gasteiger partial charge in [0.25, 0.3) is 0 Å². The van der Waals surface area contributed by atoms with Crippen molar-refractivity contribution in [2.45, 2.75) is 26.5 Å². The molecule has 0 aliphatic rings. The van der Waals surface area contributed by atoms with E-state index in [-0.39, 0.29) is 18.1 Å². The third kappa shape index (κ3) is 3.34. The van der Waals surface area contributed by atoms with E-state index in [2.05, 4.69) is 20.3 Å². The van der Waals surface area contributed by atoms with E-state index in [1.165, 1.54) is 0 Å². The Balaban J connectivity index is 2.05. The van der Waals surface area contributed by atoms with E-state index in [0.29, 0.717) is 12.5 Å². The Morgan fingerprint density at radius 3 is 2.89 bits per heavy atom. The molecular formula is C11H15N5O2. The minimum atomic E-state index is -0.0199. The molecule has 0 aliphatic carbocycles. The van der Waals surface area contributed by atoms with Crippen molar-refractivity contribution in [2.24, 2.45) is 0 Å². The van der Waals surface area contributed by atoms with E-state index in [1.807, 2.05) is 19.9 Å². The zero-order valence-corrected chi connectivity index (χ0v) is 10.3. The second kappa shape index (κ2) is 5.35. The zero-order chi connectivity index (χ0) is 13.0. The minimum absolute atomic E-state index is 0.0199. The monoisotopic (exact) mass is 249 g/mol. The molecular weight excluding hydrogens is 234 g/mol. The maximum absolute atomic E-state index is 5.58. The van der Waals surface area contributed by atoms with Gasteiger partial charge >= 0.3 is 6.01 Å². The predicted octanol–water partition coefficient (Wildman–Crippen LogP) is 1.45. The van der Waals surface area contributed by atoms with Crippen molar-refractivity contribution in [3.8, 4) is 6.01 Å². The van der Waals surface area contributed by atoms with Gasteiger partial charge in [-0.2, -0.15) is 15.0 Å². The molecule has 96 valence electrons. The molecule has 0 unspecified atom stereocenters. The van der Waals surface area contributed by atoms with Crippen molar-refractivity contribution >= 4 is 11.9 Å². The first-order valence-electron chi connectivity index (χ1n) is 5.56. The first-order valence-corrected chi connectivity index (χ1v) is 5.56. The highest BCUT2D eigenvalue weighted by Crippen LogP contribution is 2.11. The van der Waals surface area contributed by atoms with Crippen LogP contribution in [0.15, 0.2) is 23.0 Å². The van der Waals surface area contributed by atoms with E-state index in [4.69, 9.17) is 14.9 Å². The maximum Gasteiger partial charge on any atom is 0.323 e. The fourth-order valence-electron chi connectivity index (χ4n) is 1.29. The topological polar surface area (TPSA) is 99.1 Å². The van der Waals surface area contributed by atoms with Gasteiger partial charge in [0.15, 0.2) is 0 Å². The van der Waals surface area contributed by atoms with Gasteiger partial charge in [-0.15, -0.1) is 0 Å². The highest BCUT2D eigenvalue weighted by molar-refractivity contribution is 5.33. The Labute approximate surface area is 104 Å². The van der Waals surface area contributed by atoms with Crippen LogP contribution in [0.2, 0.25) is 0 Å². The second-order valence-corrected chi connectivity index (χ2v) is 3.95. The molecule has 0 atom stereocenters. The molecule has 2 rings (SSSR count). The number of rotatable bonds is 5. The summed E-state index contributed by atoms with van der Waals surface area (Å²) in [6.07, 6.45) is 3.23. The molecule has 7 heteroatoms. The van der Waals surface area contributed by atoms with Crippen LogP contribution in [0.25, 0.3) is 0 Å². The summed E-state index contributed by atoms with van der Waals surface area (Å²) in [7, 11) is 0. The van der Waals surface area contributed by atoms with Gasteiger partial charge in [0.05, 0.1) is 18.6 Å². The molecule has 7 nitrogen and oxygen atoms in total. The van der Waals surface area contributed by atoms with Gasteiger partial charge in [-0.25, -0.2) is 0 Å². The van der Waals surface area contributed by atoms with Crippen molar-refractivity contribution < 1.29 is 9.15 Å². The molecule has 0 radical (unpaired) electrons. The Hall–Kier alpha value is -2.31. The Kier molecular flexibility index (Phi) is 3.61. The van der Waals surface area contributed by atoms with Gasteiger partial charge in [-0.3, -0.25) is 0 Å². The number of nitrogens with zero attached hydrogens (tertiary/aromatic N) is 3. The summed E-state index contributed by atoms with van der Waals surface area (Å²) in [6.45, 7) is 4.32.